The number of alkyl carbamates (subject to hydrolysis) is 1. The van der Waals surface area contributed by atoms with Crippen LogP contribution >= 0.6 is 0 Å². The summed E-state index contributed by atoms with van der Waals surface area (Å²) in [5, 5.41) is 17.3. The normalized spacial score (nSPS) is 22.7. The van der Waals surface area contributed by atoms with Crippen molar-refractivity contribution in [3.05, 3.63) is 65.4 Å². The van der Waals surface area contributed by atoms with E-state index < -0.39 is 34.4 Å². The maximum absolute atomic E-state index is 14.3. The lowest BCUT2D eigenvalue weighted by Crippen LogP contribution is -2.51. The lowest BCUT2D eigenvalue weighted by atomic mass is 10.0. The van der Waals surface area contributed by atoms with Gasteiger partial charge in [-0.3, -0.25) is 4.79 Å². The van der Waals surface area contributed by atoms with E-state index in [1.807, 2.05) is 70.0 Å². The SMILES string of the molecule is CCCN(C)/C(C)=C1\C(=O)Nc2ccc(S(=O)(=O)N(CC(C)C)CC(O)C(Cc3ccccc3)NC(=O)OC3COC4OCCC34)cc21. The molecule has 0 saturated carbocycles. The molecule has 3 aliphatic heterocycles. The van der Waals surface area contributed by atoms with Crippen molar-refractivity contribution in [1.29, 1.82) is 0 Å². The van der Waals surface area contributed by atoms with Crippen LogP contribution in [0, 0.1) is 11.8 Å². The van der Waals surface area contributed by atoms with E-state index in [1.54, 1.807) is 6.07 Å². The minimum absolute atomic E-state index is 0.00981. The van der Waals surface area contributed by atoms with Crippen molar-refractivity contribution in [2.24, 2.45) is 11.8 Å². The molecule has 3 heterocycles. The topological polar surface area (TPSA) is 147 Å². The number of ether oxygens (including phenoxy) is 3. The third-order valence-corrected chi connectivity index (χ3v) is 11.0. The second-order valence-corrected chi connectivity index (χ2v) is 15.2. The van der Waals surface area contributed by atoms with E-state index in [1.165, 1.54) is 16.4 Å². The Morgan fingerprint density at radius 3 is 2.60 bits per heavy atom. The van der Waals surface area contributed by atoms with E-state index in [0.717, 1.165) is 30.6 Å². The van der Waals surface area contributed by atoms with E-state index >= 15 is 0 Å². The van der Waals surface area contributed by atoms with Crippen LogP contribution in [-0.2, 0) is 35.4 Å². The molecule has 0 aliphatic carbocycles. The third kappa shape index (κ3) is 8.03. The number of fused-ring (bicyclic) bond motifs is 2. The van der Waals surface area contributed by atoms with Gasteiger partial charge in [0.25, 0.3) is 5.91 Å². The molecule has 2 amide bonds. The van der Waals surface area contributed by atoms with Gasteiger partial charge in [-0.1, -0.05) is 51.1 Å². The number of nitrogens with one attached hydrogen (secondary N) is 2. The Morgan fingerprint density at radius 1 is 1.15 bits per heavy atom. The smallest absolute Gasteiger partial charge is 0.407 e. The average molecular weight is 685 g/mol. The first kappa shape index (κ1) is 35.8. The Kier molecular flexibility index (Phi) is 11.5. The minimum atomic E-state index is -4.15. The van der Waals surface area contributed by atoms with Gasteiger partial charge in [0.2, 0.25) is 10.0 Å². The molecule has 48 heavy (non-hydrogen) atoms. The third-order valence-electron chi connectivity index (χ3n) is 9.14. The van der Waals surface area contributed by atoms with Gasteiger partial charge in [-0.15, -0.1) is 0 Å². The molecule has 3 aliphatic rings. The van der Waals surface area contributed by atoms with Crippen LogP contribution in [0.4, 0.5) is 10.5 Å². The molecule has 2 aromatic carbocycles. The van der Waals surface area contributed by atoms with E-state index in [9.17, 15) is 23.1 Å². The first-order chi connectivity index (χ1) is 22.9. The van der Waals surface area contributed by atoms with Crippen LogP contribution in [-0.4, -0.2) is 99.2 Å². The summed E-state index contributed by atoms with van der Waals surface area (Å²) in [4.78, 5) is 28.2. The molecule has 3 N–H and O–H groups in total. The zero-order valence-corrected chi connectivity index (χ0v) is 29.2. The molecule has 12 nitrogen and oxygen atoms in total. The maximum atomic E-state index is 14.3. The van der Waals surface area contributed by atoms with Gasteiger partial charge < -0.3 is 34.9 Å². The highest BCUT2D eigenvalue weighted by molar-refractivity contribution is 7.89. The summed E-state index contributed by atoms with van der Waals surface area (Å²) in [6.45, 7) is 9.05. The molecular formula is C35H48N4O8S. The van der Waals surface area contributed by atoms with Crippen molar-refractivity contribution in [2.45, 2.75) is 76.4 Å². The second kappa shape index (κ2) is 15.4. The van der Waals surface area contributed by atoms with E-state index in [0.29, 0.717) is 23.4 Å². The van der Waals surface area contributed by atoms with E-state index in [2.05, 4.69) is 10.6 Å². The number of aliphatic hydroxyl groups excluding tert-OH is 1. The lowest BCUT2D eigenvalue weighted by molar-refractivity contribution is -0.110. The molecule has 13 heteroatoms. The molecule has 5 rings (SSSR count). The fourth-order valence-corrected chi connectivity index (χ4v) is 8.19. The van der Waals surface area contributed by atoms with E-state index in [-0.39, 0.29) is 55.0 Å². The largest absolute Gasteiger partial charge is 0.443 e. The van der Waals surface area contributed by atoms with Gasteiger partial charge in [-0.05, 0) is 55.9 Å². The van der Waals surface area contributed by atoms with Crippen LogP contribution in [0.25, 0.3) is 5.57 Å². The van der Waals surface area contributed by atoms with Gasteiger partial charge in [-0.25, -0.2) is 13.2 Å². The molecule has 5 unspecified atom stereocenters. The van der Waals surface area contributed by atoms with Crippen LogP contribution in [0.3, 0.4) is 0 Å². The first-order valence-corrected chi connectivity index (χ1v) is 18.1. The zero-order chi connectivity index (χ0) is 34.6. The number of carbonyl (C=O) groups is 2. The predicted molar refractivity (Wildman–Crippen MR) is 181 cm³/mol. The first-order valence-electron chi connectivity index (χ1n) is 16.7. The van der Waals surface area contributed by atoms with Crippen LogP contribution in [0.2, 0.25) is 0 Å². The Labute approximate surface area is 283 Å². The van der Waals surface area contributed by atoms with Gasteiger partial charge in [-0.2, -0.15) is 4.31 Å². The summed E-state index contributed by atoms with van der Waals surface area (Å²) in [5.41, 5.74) is 3.10. The van der Waals surface area contributed by atoms with Crippen molar-refractivity contribution in [2.75, 3.05) is 45.2 Å². The average Bonchev–Trinajstić information content (AvgIpc) is 3.75. The molecule has 0 spiro atoms. The highest BCUT2D eigenvalue weighted by Gasteiger charge is 2.44. The quantitative estimate of drug-likeness (QED) is 0.253. The van der Waals surface area contributed by atoms with Crippen molar-refractivity contribution in [1.82, 2.24) is 14.5 Å². The number of anilines is 1. The van der Waals surface area contributed by atoms with Crippen LogP contribution < -0.4 is 10.6 Å². The van der Waals surface area contributed by atoms with Gasteiger partial charge in [0.1, 0.15) is 6.10 Å². The fourth-order valence-electron chi connectivity index (χ4n) is 6.54. The monoisotopic (exact) mass is 684 g/mol. The Balaban J connectivity index is 1.39. The molecule has 0 bridgehead atoms. The number of benzene rings is 2. The van der Waals surface area contributed by atoms with Crippen LogP contribution in [0.1, 0.15) is 51.7 Å². The highest BCUT2D eigenvalue weighted by atomic mass is 32.2. The molecule has 2 aromatic rings. The van der Waals surface area contributed by atoms with Crippen molar-refractivity contribution < 1.29 is 37.3 Å². The van der Waals surface area contributed by atoms with Crippen molar-refractivity contribution >= 4 is 33.3 Å². The number of hydrogen-bond acceptors (Lipinski definition) is 9. The lowest BCUT2D eigenvalue weighted by Gasteiger charge is -2.31. The minimum Gasteiger partial charge on any atom is -0.443 e. The molecule has 5 atom stereocenters. The van der Waals surface area contributed by atoms with Gasteiger partial charge in [0.15, 0.2) is 6.29 Å². The number of sulfonamides is 1. The summed E-state index contributed by atoms with van der Waals surface area (Å²) in [5.74, 6) is -0.403. The molecule has 0 radical (unpaired) electrons. The van der Waals surface area contributed by atoms with Crippen molar-refractivity contribution in [3.8, 4) is 0 Å². The van der Waals surface area contributed by atoms with Crippen LogP contribution in [0.15, 0.2) is 59.1 Å². The number of carbonyl (C=O) groups excluding carboxylic acids is 2. The summed E-state index contributed by atoms with van der Waals surface area (Å²) < 4.78 is 46.7. The second-order valence-electron chi connectivity index (χ2n) is 13.2. The van der Waals surface area contributed by atoms with E-state index in [4.69, 9.17) is 14.2 Å². The maximum Gasteiger partial charge on any atom is 0.407 e. The molecule has 262 valence electrons. The summed E-state index contributed by atoms with van der Waals surface area (Å²) in [7, 11) is -2.25. The number of rotatable bonds is 14. The highest BCUT2D eigenvalue weighted by Crippen LogP contribution is 2.37. The summed E-state index contributed by atoms with van der Waals surface area (Å²) in [6.07, 6.45) is -1.01. The van der Waals surface area contributed by atoms with Gasteiger partial charge in [0.05, 0.1) is 41.7 Å². The molecule has 2 fully saturated rings. The number of allylic oxidation sites excluding steroid dienone is 1. The van der Waals surface area contributed by atoms with Crippen molar-refractivity contribution in [3.63, 3.8) is 0 Å². The number of nitrogens with zero attached hydrogens (tertiary/aromatic N) is 2. The molecule has 2 saturated heterocycles. The summed E-state index contributed by atoms with van der Waals surface area (Å²) in [6, 6.07) is 13.1. The number of aliphatic hydroxyl groups is 1. The predicted octanol–water partition coefficient (Wildman–Crippen LogP) is 3.82. The fraction of sp³-hybridized carbons (Fsp3) is 0.543. The standard InChI is InChI=1S/C35H48N4O8S/c1-6-15-38(5)23(4)32-27-18-25(12-13-28(27)36-33(32)41)48(43,44)39(19-22(2)3)20-30(40)29(17-24-10-8-7-9-11-24)37-35(42)47-31-21-46-34-26(31)14-16-45-34/h7-13,18,22,26,29-31,34,40H,6,14-17,19-21H2,1-5H3,(H,36,41)(H,37,42)/b32-23-. The number of hydrogen-bond donors (Lipinski definition) is 3. The van der Waals surface area contributed by atoms with Crippen LogP contribution in [0.5, 0.6) is 0 Å². The molecule has 0 aromatic heterocycles. The molecular weight excluding hydrogens is 636 g/mol. The Hall–Kier alpha value is -3.49. The van der Waals surface area contributed by atoms with Gasteiger partial charge in [0, 0.05) is 43.6 Å². The zero-order valence-electron chi connectivity index (χ0n) is 28.3. The van der Waals surface area contributed by atoms with Gasteiger partial charge >= 0.3 is 6.09 Å². The summed E-state index contributed by atoms with van der Waals surface area (Å²) >= 11 is 0. The Bertz CT molecular complexity index is 1600. The Morgan fingerprint density at radius 2 is 1.90 bits per heavy atom. The number of amides is 2.